The lowest BCUT2D eigenvalue weighted by molar-refractivity contribution is 0.634. The van der Waals surface area contributed by atoms with Gasteiger partial charge in [-0.05, 0) is 57.9 Å². The average Bonchev–Trinajstić information content (AvgIpc) is 1.97. The van der Waals surface area contributed by atoms with Crippen molar-refractivity contribution in [1.29, 1.82) is 0 Å². The molecule has 0 bridgehead atoms. The summed E-state index contributed by atoms with van der Waals surface area (Å²) in [6, 6.07) is 4.12. The van der Waals surface area contributed by atoms with Crippen molar-refractivity contribution in [2.75, 3.05) is 11.1 Å². The van der Waals surface area contributed by atoms with Crippen LogP contribution >= 0.6 is 0 Å². The minimum absolute atomic E-state index is 0.0514. The summed E-state index contributed by atoms with van der Waals surface area (Å²) in [5.74, 6) is 0. The Bertz CT molecular complexity index is 335. The highest BCUT2D eigenvalue weighted by Gasteiger charge is 2.11. The fourth-order valence-electron chi connectivity index (χ4n) is 1.35. The maximum Gasteiger partial charge on any atom is 0.0580 e. The second-order valence-corrected chi connectivity index (χ2v) is 4.90. The molecule has 2 nitrogen and oxygen atoms in total. The van der Waals surface area contributed by atoms with Crippen LogP contribution in [0.2, 0.25) is 0 Å². The minimum Gasteiger partial charge on any atom is -0.397 e. The molecule has 1 aromatic rings. The molecule has 78 valence electrons. The number of anilines is 2. The fraction of sp³-hybridized carbons (Fsp3) is 0.500. The molecule has 0 saturated carbocycles. The standard InChI is InChI=1S/C12H20N2/c1-8-6-10(13)11(7-9(8)2)14-12(3,4)5/h6-7,14H,13H2,1-5H3. The van der Waals surface area contributed by atoms with E-state index >= 15 is 0 Å². The molecule has 0 aliphatic heterocycles. The van der Waals surface area contributed by atoms with E-state index < -0.39 is 0 Å². The van der Waals surface area contributed by atoms with E-state index in [1.165, 1.54) is 11.1 Å². The first-order valence-corrected chi connectivity index (χ1v) is 4.94. The number of rotatable bonds is 1. The van der Waals surface area contributed by atoms with E-state index in [0.717, 1.165) is 11.4 Å². The van der Waals surface area contributed by atoms with Crippen LogP contribution in [0.3, 0.4) is 0 Å². The molecule has 0 amide bonds. The van der Waals surface area contributed by atoms with Crippen molar-refractivity contribution in [2.24, 2.45) is 0 Å². The first-order valence-electron chi connectivity index (χ1n) is 4.94. The number of nitrogens with two attached hydrogens (primary N) is 1. The van der Waals surface area contributed by atoms with Gasteiger partial charge in [0, 0.05) is 5.54 Å². The van der Waals surface area contributed by atoms with Crippen LogP contribution in [0.1, 0.15) is 31.9 Å². The molecule has 0 unspecified atom stereocenters. The van der Waals surface area contributed by atoms with Crippen molar-refractivity contribution in [3.05, 3.63) is 23.3 Å². The number of nitrogens with one attached hydrogen (secondary N) is 1. The highest BCUT2D eigenvalue weighted by Crippen LogP contribution is 2.25. The third-order valence-electron chi connectivity index (χ3n) is 2.18. The van der Waals surface area contributed by atoms with E-state index in [1.807, 2.05) is 6.07 Å². The maximum absolute atomic E-state index is 5.93. The van der Waals surface area contributed by atoms with Gasteiger partial charge in [0.15, 0.2) is 0 Å². The largest absolute Gasteiger partial charge is 0.397 e. The van der Waals surface area contributed by atoms with Gasteiger partial charge in [0.05, 0.1) is 11.4 Å². The van der Waals surface area contributed by atoms with Crippen molar-refractivity contribution >= 4 is 11.4 Å². The summed E-state index contributed by atoms with van der Waals surface area (Å²) in [5, 5.41) is 3.39. The molecule has 0 fully saturated rings. The Kier molecular flexibility index (Phi) is 2.74. The van der Waals surface area contributed by atoms with E-state index in [4.69, 9.17) is 5.73 Å². The molecule has 0 radical (unpaired) electrons. The van der Waals surface area contributed by atoms with Crippen LogP contribution < -0.4 is 11.1 Å². The first kappa shape index (κ1) is 10.9. The quantitative estimate of drug-likeness (QED) is 0.671. The lowest BCUT2D eigenvalue weighted by Gasteiger charge is -2.24. The van der Waals surface area contributed by atoms with Crippen LogP contribution in [0, 0.1) is 13.8 Å². The zero-order valence-electron chi connectivity index (χ0n) is 9.73. The summed E-state index contributed by atoms with van der Waals surface area (Å²) in [7, 11) is 0. The second-order valence-electron chi connectivity index (χ2n) is 4.90. The van der Waals surface area contributed by atoms with Crippen molar-refractivity contribution in [3.8, 4) is 0 Å². The van der Waals surface area contributed by atoms with Crippen LogP contribution in [0.25, 0.3) is 0 Å². The van der Waals surface area contributed by atoms with E-state index in [2.05, 4.69) is 46.0 Å². The molecule has 0 atom stereocenters. The molecule has 0 saturated heterocycles. The van der Waals surface area contributed by atoms with Crippen molar-refractivity contribution in [1.82, 2.24) is 0 Å². The summed E-state index contributed by atoms with van der Waals surface area (Å²) < 4.78 is 0. The van der Waals surface area contributed by atoms with Gasteiger partial charge in [-0.3, -0.25) is 0 Å². The number of nitrogen functional groups attached to an aromatic ring is 1. The fourth-order valence-corrected chi connectivity index (χ4v) is 1.35. The molecule has 3 N–H and O–H groups in total. The summed E-state index contributed by atoms with van der Waals surface area (Å²) in [4.78, 5) is 0. The van der Waals surface area contributed by atoms with Gasteiger partial charge in [0.25, 0.3) is 0 Å². The third kappa shape index (κ3) is 2.66. The van der Waals surface area contributed by atoms with Crippen LogP contribution in [-0.4, -0.2) is 5.54 Å². The first-order chi connectivity index (χ1) is 6.29. The van der Waals surface area contributed by atoms with Crippen LogP contribution in [0.4, 0.5) is 11.4 Å². The van der Waals surface area contributed by atoms with Crippen molar-refractivity contribution in [2.45, 2.75) is 40.2 Å². The highest BCUT2D eigenvalue weighted by atomic mass is 15.0. The Labute approximate surface area is 86.5 Å². The van der Waals surface area contributed by atoms with Gasteiger partial charge in [-0.25, -0.2) is 0 Å². The number of benzene rings is 1. The number of hydrogen-bond donors (Lipinski definition) is 2. The normalized spacial score (nSPS) is 11.5. The van der Waals surface area contributed by atoms with Crippen LogP contribution in [-0.2, 0) is 0 Å². The summed E-state index contributed by atoms with van der Waals surface area (Å²) in [6.07, 6.45) is 0. The lowest BCUT2D eigenvalue weighted by atomic mass is 10.0. The topological polar surface area (TPSA) is 38.0 Å². The minimum atomic E-state index is 0.0514. The van der Waals surface area contributed by atoms with Gasteiger partial charge in [0.2, 0.25) is 0 Å². The van der Waals surface area contributed by atoms with Gasteiger partial charge < -0.3 is 11.1 Å². The Morgan fingerprint density at radius 1 is 1.07 bits per heavy atom. The molecule has 0 heterocycles. The molecule has 14 heavy (non-hydrogen) atoms. The van der Waals surface area contributed by atoms with Gasteiger partial charge in [-0.1, -0.05) is 0 Å². The summed E-state index contributed by atoms with van der Waals surface area (Å²) in [6.45, 7) is 10.6. The SMILES string of the molecule is Cc1cc(N)c(NC(C)(C)C)cc1C. The monoisotopic (exact) mass is 192 g/mol. The lowest BCUT2D eigenvalue weighted by Crippen LogP contribution is -2.26. The smallest absolute Gasteiger partial charge is 0.0580 e. The van der Waals surface area contributed by atoms with E-state index in [1.54, 1.807) is 0 Å². The Balaban J connectivity index is 3.04. The van der Waals surface area contributed by atoms with Crippen LogP contribution in [0.15, 0.2) is 12.1 Å². The molecule has 1 aromatic carbocycles. The molecular formula is C12H20N2. The highest BCUT2D eigenvalue weighted by molar-refractivity contribution is 5.69. The molecule has 0 aromatic heterocycles. The molecule has 0 aliphatic carbocycles. The van der Waals surface area contributed by atoms with E-state index in [-0.39, 0.29) is 5.54 Å². The average molecular weight is 192 g/mol. The second kappa shape index (κ2) is 3.52. The van der Waals surface area contributed by atoms with E-state index in [9.17, 15) is 0 Å². The molecule has 2 heteroatoms. The third-order valence-corrected chi connectivity index (χ3v) is 2.18. The maximum atomic E-state index is 5.93. The summed E-state index contributed by atoms with van der Waals surface area (Å²) >= 11 is 0. The van der Waals surface area contributed by atoms with Gasteiger partial charge in [0.1, 0.15) is 0 Å². The molecule has 1 rings (SSSR count). The van der Waals surface area contributed by atoms with Crippen molar-refractivity contribution in [3.63, 3.8) is 0 Å². The zero-order valence-corrected chi connectivity index (χ0v) is 9.73. The van der Waals surface area contributed by atoms with Crippen molar-refractivity contribution < 1.29 is 0 Å². The van der Waals surface area contributed by atoms with Gasteiger partial charge in [-0.15, -0.1) is 0 Å². The Morgan fingerprint density at radius 3 is 2.07 bits per heavy atom. The number of aryl methyl sites for hydroxylation is 2. The number of hydrogen-bond acceptors (Lipinski definition) is 2. The zero-order chi connectivity index (χ0) is 10.9. The molecule has 0 spiro atoms. The van der Waals surface area contributed by atoms with Crippen LogP contribution in [0.5, 0.6) is 0 Å². The van der Waals surface area contributed by atoms with Gasteiger partial charge >= 0.3 is 0 Å². The molecular weight excluding hydrogens is 172 g/mol. The predicted octanol–water partition coefficient (Wildman–Crippen LogP) is 3.10. The van der Waals surface area contributed by atoms with E-state index in [0.29, 0.717) is 0 Å². The molecule has 0 aliphatic rings. The summed E-state index contributed by atoms with van der Waals surface area (Å²) in [5.41, 5.74) is 10.3. The Morgan fingerprint density at radius 2 is 1.57 bits per heavy atom. The van der Waals surface area contributed by atoms with Gasteiger partial charge in [-0.2, -0.15) is 0 Å². The predicted molar refractivity (Wildman–Crippen MR) is 63.7 cm³/mol. The Hall–Kier alpha value is -1.18.